The van der Waals surface area contributed by atoms with Gasteiger partial charge in [-0.05, 0) is 49.1 Å². The predicted molar refractivity (Wildman–Crippen MR) is 107 cm³/mol. The highest BCUT2D eigenvalue weighted by Crippen LogP contribution is 2.31. The van der Waals surface area contributed by atoms with E-state index < -0.39 is 9.84 Å². The van der Waals surface area contributed by atoms with Gasteiger partial charge in [0.1, 0.15) is 5.82 Å². The lowest BCUT2D eigenvalue weighted by Gasteiger charge is -2.30. The number of benzene rings is 1. The van der Waals surface area contributed by atoms with Gasteiger partial charge in [-0.2, -0.15) is 0 Å². The van der Waals surface area contributed by atoms with E-state index in [2.05, 4.69) is 0 Å². The van der Waals surface area contributed by atoms with Crippen molar-refractivity contribution in [3.05, 3.63) is 47.1 Å². The molecule has 0 unspecified atom stereocenters. The summed E-state index contributed by atoms with van der Waals surface area (Å²) in [6.45, 7) is 1.10. The fourth-order valence-corrected chi connectivity index (χ4v) is 6.49. The van der Waals surface area contributed by atoms with Crippen LogP contribution in [-0.4, -0.2) is 56.0 Å². The number of amides is 1. The molecule has 2 saturated heterocycles. The van der Waals surface area contributed by atoms with Gasteiger partial charge >= 0.3 is 0 Å². The molecule has 0 saturated carbocycles. The maximum Gasteiger partial charge on any atom is 0.264 e. The minimum Gasteiger partial charge on any atom is -0.376 e. The van der Waals surface area contributed by atoms with Gasteiger partial charge < -0.3 is 9.64 Å². The van der Waals surface area contributed by atoms with Crippen LogP contribution in [0.4, 0.5) is 4.39 Å². The number of hydrogen-bond acceptors (Lipinski definition) is 5. The maximum absolute atomic E-state index is 13.3. The van der Waals surface area contributed by atoms with Gasteiger partial charge in [0, 0.05) is 24.1 Å². The SMILES string of the molecule is O=C(c1ccc(-c2ccc(F)cc2)s1)N(C[C@@H]1CCCO1)[C@@H]1CCS(=O)(=O)C1. The molecule has 1 aromatic heterocycles. The largest absolute Gasteiger partial charge is 0.376 e. The monoisotopic (exact) mass is 423 g/mol. The van der Waals surface area contributed by atoms with E-state index in [0.29, 0.717) is 24.4 Å². The predicted octanol–water partition coefficient (Wildman–Crippen LogP) is 3.36. The summed E-state index contributed by atoms with van der Waals surface area (Å²) in [6, 6.07) is 9.45. The molecule has 1 aromatic carbocycles. The summed E-state index contributed by atoms with van der Waals surface area (Å²) in [5.74, 6) is -0.322. The van der Waals surface area contributed by atoms with Crippen molar-refractivity contribution >= 4 is 27.1 Å². The van der Waals surface area contributed by atoms with Crippen molar-refractivity contribution < 1.29 is 22.3 Å². The van der Waals surface area contributed by atoms with Crippen molar-refractivity contribution in [1.29, 1.82) is 0 Å². The van der Waals surface area contributed by atoms with Gasteiger partial charge in [-0.1, -0.05) is 12.1 Å². The molecular formula is C20H22FNO4S2. The molecule has 5 nitrogen and oxygen atoms in total. The zero-order valence-corrected chi connectivity index (χ0v) is 17.0. The van der Waals surface area contributed by atoms with Gasteiger partial charge in [0.2, 0.25) is 0 Å². The third-order valence-electron chi connectivity index (χ3n) is 5.28. The topological polar surface area (TPSA) is 63.7 Å². The highest BCUT2D eigenvalue weighted by molar-refractivity contribution is 7.91. The van der Waals surface area contributed by atoms with Crippen LogP contribution in [0.3, 0.4) is 0 Å². The number of sulfone groups is 1. The van der Waals surface area contributed by atoms with Crippen molar-refractivity contribution in [2.24, 2.45) is 0 Å². The molecule has 0 bridgehead atoms. The average molecular weight is 424 g/mol. The first-order valence-corrected chi connectivity index (χ1v) is 12.0. The van der Waals surface area contributed by atoms with Crippen LogP contribution in [0.15, 0.2) is 36.4 Å². The summed E-state index contributed by atoms with van der Waals surface area (Å²) < 4.78 is 42.8. The number of halogens is 1. The second-order valence-electron chi connectivity index (χ2n) is 7.32. The van der Waals surface area contributed by atoms with E-state index in [4.69, 9.17) is 4.74 Å². The number of ether oxygens (including phenoxy) is 1. The molecule has 150 valence electrons. The Kier molecular flexibility index (Phi) is 5.53. The van der Waals surface area contributed by atoms with Crippen molar-refractivity contribution in [2.75, 3.05) is 24.7 Å². The minimum atomic E-state index is -3.10. The Bertz CT molecular complexity index is 949. The van der Waals surface area contributed by atoms with E-state index in [-0.39, 0.29) is 35.4 Å². The minimum absolute atomic E-state index is 0.0155. The van der Waals surface area contributed by atoms with Crippen LogP contribution in [0.1, 0.15) is 28.9 Å². The molecule has 8 heteroatoms. The summed E-state index contributed by atoms with van der Waals surface area (Å²) >= 11 is 1.34. The van der Waals surface area contributed by atoms with E-state index >= 15 is 0 Å². The quantitative estimate of drug-likeness (QED) is 0.740. The molecular weight excluding hydrogens is 401 g/mol. The van der Waals surface area contributed by atoms with Gasteiger partial charge in [-0.3, -0.25) is 4.79 Å². The summed E-state index contributed by atoms with van der Waals surface area (Å²) in [5, 5.41) is 0. The van der Waals surface area contributed by atoms with Gasteiger partial charge in [0.25, 0.3) is 5.91 Å². The molecule has 0 N–H and O–H groups in total. The Labute approximate surface area is 168 Å². The second kappa shape index (κ2) is 7.93. The molecule has 0 spiro atoms. The third kappa shape index (κ3) is 4.29. The molecule has 1 amide bonds. The Morgan fingerprint density at radius 1 is 1.18 bits per heavy atom. The number of carbonyl (C=O) groups is 1. The third-order valence-corrected chi connectivity index (χ3v) is 8.15. The van der Waals surface area contributed by atoms with Crippen molar-refractivity contribution in [3.8, 4) is 10.4 Å². The van der Waals surface area contributed by atoms with E-state index in [0.717, 1.165) is 23.3 Å². The Morgan fingerprint density at radius 3 is 2.61 bits per heavy atom. The van der Waals surface area contributed by atoms with Gasteiger partial charge in [0.05, 0.1) is 22.5 Å². The van der Waals surface area contributed by atoms with E-state index in [1.165, 1.54) is 23.5 Å². The molecule has 0 radical (unpaired) electrons. The second-order valence-corrected chi connectivity index (χ2v) is 10.6. The first-order valence-electron chi connectivity index (χ1n) is 9.40. The molecule has 4 rings (SSSR count). The summed E-state index contributed by atoms with van der Waals surface area (Å²) in [5.41, 5.74) is 0.847. The number of carbonyl (C=O) groups excluding carboxylic acids is 1. The van der Waals surface area contributed by atoms with E-state index in [9.17, 15) is 17.6 Å². The lowest BCUT2D eigenvalue weighted by molar-refractivity contribution is 0.0445. The zero-order valence-electron chi connectivity index (χ0n) is 15.3. The molecule has 2 aromatic rings. The van der Waals surface area contributed by atoms with E-state index in [1.54, 1.807) is 23.1 Å². The van der Waals surface area contributed by atoms with Gasteiger partial charge in [-0.25, -0.2) is 12.8 Å². The Balaban J connectivity index is 1.57. The number of thiophene rings is 1. The first kappa shape index (κ1) is 19.5. The lowest BCUT2D eigenvalue weighted by atomic mass is 10.1. The van der Waals surface area contributed by atoms with Crippen LogP contribution in [0.2, 0.25) is 0 Å². The van der Waals surface area contributed by atoms with E-state index in [1.807, 2.05) is 6.07 Å². The smallest absolute Gasteiger partial charge is 0.264 e. The fourth-order valence-electron chi connectivity index (χ4n) is 3.79. The Morgan fingerprint density at radius 2 is 1.96 bits per heavy atom. The van der Waals surface area contributed by atoms with Crippen LogP contribution in [0.25, 0.3) is 10.4 Å². The standard InChI is InChI=1S/C20H22FNO4S2/c21-15-5-3-14(4-6-15)18-7-8-19(27-18)20(23)22(12-17-2-1-10-26-17)16-9-11-28(24,25)13-16/h3-8,16-17H,1-2,9-13H2/t16-,17+/m1/s1. The van der Waals surface area contributed by atoms with Crippen molar-refractivity contribution in [3.63, 3.8) is 0 Å². The van der Waals surface area contributed by atoms with Crippen molar-refractivity contribution in [1.82, 2.24) is 4.90 Å². The van der Waals surface area contributed by atoms with Crippen LogP contribution in [0.5, 0.6) is 0 Å². The lowest BCUT2D eigenvalue weighted by Crippen LogP contribution is -2.45. The van der Waals surface area contributed by atoms with Crippen molar-refractivity contribution in [2.45, 2.75) is 31.4 Å². The van der Waals surface area contributed by atoms with Crippen LogP contribution >= 0.6 is 11.3 Å². The van der Waals surface area contributed by atoms with Crippen LogP contribution in [-0.2, 0) is 14.6 Å². The highest BCUT2D eigenvalue weighted by atomic mass is 32.2. The summed E-state index contributed by atoms with van der Waals surface area (Å²) in [6.07, 6.45) is 2.28. The summed E-state index contributed by atoms with van der Waals surface area (Å²) in [7, 11) is -3.10. The first-order chi connectivity index (χ1) is 13.4. The normalized spacial score (nSPS) is 23.8. The molecule has 2 atom stereocenters. The fraction of sp³-hybridized carbons (Fsp3) is 0.450. The Hall–Kier alpha value is -1.77. The number of rotatable bonds is 5. The number of hydrogen-bond donors (Lipinski definition) is 0. The van der Waals surface area contributed by atoms with Crippen LogP contribution in [0, 0.1) is 5.82 Å². The number of nitrogens with zero attached hydrogens (tertiary/aromatic N) is 1. The van der Waals surface area contributed by atoms with Gasteiger partial charge in [0.15, 0.2) is 9.84 Å². The molecule has 2 aliphatic rings. The molecule has 0 aliphatic carbocycles. The van der Waals surface area contributed by atoms with Crippen LogP contribution < -0.4 is 0 Å². The molecule has 2 aliphatic heterocycles. The zero-order chi connectivity index (χ0) is 19.7. The molecule has 2 fully saturated rings. The summed E-state index contributed by atoms with van der Waals surface area (Å²) in [4.78, 5) is 16.4. The molecule has 28 heavy (non-hydrogen) atoms. The van der Waals surface area contributed by atoms with Gasteiger partial charge in [-0.15, -0.1) is 11.3 Å². The molecule has 3 heterocycles. The maximum atomic E-state index is 13.3. The average Bonchev–Trinajstić information content (AvgIpc) is 3.40. The highest BCUT2D eigenvalue weighted by Gasteiger charge is 2.37.